The second kappa shape index (κ2) is 8.50. The van der Waals surface area contributed by atoms with E-state index in [2.05, 4.69) is 0 Å². The Hall–Kier alpha value is -1.59. The fourth-order valence-electron chi connectivity index (χ4n) is 1.36. The van der Waals surface area contributed by atoms with Crippen molar-refractivity contribution in [3.63, 3.8) is 0 Å². The van der Waals surface area contributed by atoms with Crippen molar-refractivity contribution < 1.29 is 24.1 Å². The maximum Gasteiger partial charge on any atom is 0.335 e. The van der Waals surface area contributed by atoms with Crippen molar-refractivity contribution in [1.82, 2.24) is 0 Å². The molecule has 0 radical (unpaired) electrons. The van der Waals surface area contributed by atoms with Crippen LogP contribution in [0.4, 0.5) is 0 Å². The quantitative estimate of drug-likeness (QED) is 0.695. The monoisotopic (exact) mass is 268 g/mol. The average Bonchev–Trinajstić information content (AvgIpc) is 2.38. The van der Waals surface area contributed by atoms with Crippen molar-refractivity contribution in [2.75, 3.05) is 26.4 Å². The van der Waals surface area contributed by atoms with Crippen LogP contribution in [-0.2, 0) is 9.47 Å². The first-order valence-electron chi connectivity index (χ1n) is 6.25. The lowest BCUT2D eigenvalue weighted by Crippen LogP contribution is -2.13. The van der Waals surface area contributed by atoms with Gasteiger partial charge < -0.3 is 19.3 Å². The van der Waals surface area contributed by atoms with E-state index in [4.69, 9.17) is 19.3 Å². The second-order valence-corrected chi connectivity index (χ2v) is 4.21. The van der Waals surface area contributed by atoms with Crippen LogP contribution < -0.4 is 4.74 Å². The van der Waals surface area contributed by atoms with Crippen LogP contribution in [0.15, 0.2) is 24.3 Å². The molecule has 1 N–H and O–H groups in total. The van der Waals surface area contributed by atoms with Gasteiger partial charge in [0.05, 0.1) is 31.5 Å². The minimum Gasteiger partial charge on any atom is -0.491 e. The predicted molar refractivity (Wildman–Crippen MR) is 70.8 cm³/mol. The van der Waals surface area contributed by atoms with Crippen LogP contribution in [0.25, 0.3) is 0 Å². The van der Waals surface area contributed by atoms with Crippen molar-refractivity contribution in [1.29, 1.82) is 0 Å². The molecule has 19 heavy (non-hydrogen) atoms. The number of hydrogen-bond acceptors (Lipinski definition) is 4. The zero-order chi connectivity index (χ0) is 14.1. The van der Waals surface area contributed by atoms with Gasteiger partial charge in [-0.3, -0.25) is 0 Å². The first kappa shape index (κ1) is 15.5. The van der Waals surface area contributed by atoms with Crippen LogP contribution in [0.1, 0.15) is 24.2 Å². The van der Waals surface area contributed by atoms with Crippen LogP contribution >= 0.6 is 0 Å². The van der Waals surface area contributed by atoms with E-state index in [1.165, 1.54) is 12.1 Å². The highest BCUT2D eigenvalue weighted by atomic mass is 16.5. The Balaban J connectivity index is 2.11. The molecule has 5 nitrogen and oxygen atoms in total. The zero-order valence-corrected chi connectivity index (χ0v) is 11.3. The molecule has 0 aromatic heterocycles. The number of carboxylic acid groups (broad SMARTS) is 1. The lowest BCUT2D eigenvalue weighted by molar-refractivity contribution is 0.0124. The van der Waals surface area contributed by atoms with Crippen LogP contribution in [0.5, 0.6) is 5.75 Å². The van der Waals surface area contributed by atoms with E-state index >= 15 is 0 Å². The zero-order valence-electron chi connectivity index (χ0n) is 11.3. The smallest absolute Gasteiger partial charge is 0.335 e. The Kier molecular flexibility index (Phi) is 6.92. The molecule has 0 atom stereocenters. The molecule has 1 aromatic rings. The molecule has 0 unspecified atom stereocenters. The lowest BCUT2D eigenvalue weighted by atomic mass is 10.2. The summed E-state index contributed by atoms with van der Waals surface area (Å²) in [6.45, 7) is 5.97. The SMILES string of the molecule is CC(C)OCCOCCOc1ccc(C(=O)O)cc1. The van der Waals surface area contributed by atoms with Crippen molar-refractivity contribution in [2.45, 2.75) is 20.0 Å². The highest BCUT2D eigenvalue weighted by Gasteiger charge is 2.01. The fourth-order valence-corrected chi connectivity index (χ4v) is 1.36. The number of carboxylic acids is 1. The van der Waals surface area contributed by atoms with Gasteiger partial charge in [0.25, 0.3) is 0 Å². The maximum atomic E-state index is 10.6. The van der Waals surface area contributed by atoms with Gasteiger partial charge in [-0.05, 0) is 38.1 Å². The molecule has 1 aromatic carbocycles. The second-order valence-electron chi connectivity index (χ2n) is 4.21. The van der Waals surface area contributed by atoms with Gasteiger partial charge in [0.15, 0.2) is 0 Å². The standard InChI is InChI=1S/C14H20O5/c1-11(2)18-9-7-17-8-10-19-13-5-3-12(4-6-13)14(15)16/h3-6,11H,7-10H2,1-2H3,(H,15,16). The summed E-state index contributed by atoms with van der Waals surface area (Å²) in [6.07, 6.45) is 0.215. The van der Waals surface area contributed by atoms with Crippen molar-refractivity contribution in [2.24, 2.45) is 0 Å². The molecule has 0 aliphatic heterocycles. The highest BCUT2D eigenvalue weighted by molar-refractivity contribution is 5.87. The van der Waals surface area contributed by atoms with Gasteiger partial charge in [-0.25, -0.2) is 4.79 Å². The van der Waals surface area contributed by atoms with Crippen LogP contribution in [0.3, 0.4) is 0 Å². The van der Waals surface area contributed by atoms with Gasteiger partial charge in [-0.15, -0.1) is 0 Å². The summed E-state index contributed by atoms with van der Waals surface area (Å²) in [5, 5.41) is 8.74. The van der Waals surface area contributed by atoms with Crippen LogP contribution in [0.2, 0.25) is 0 Å². The first-order chi connectivity index (χ1) is 9.09. The lowest BCUT2D eigenvalue weighted by Gasteiger charge is -2.09. The maximum absolute atomic E-state index is 10.6. The van der Waals surface area contributed by atoms with E-state index in [0.717, 1.165) is 0 Å². The summed E-state index contributed by atoms with van der Waals surface area (Å²) >= 11 is 0. The van der Waals surface area contributed by atoms with Gasteiger partial charge in [-0.2, -0.15) is 0 Å². The normalized spacial score (nSPS) is 10.7. The minimum absolute atomic E-state index is 0.215. The molecule has 0 fully saturated rings. The van der Waals surface area contributed by atoms with E-state index in [1.54, 1.807) is 12.1 Å². The molecule has 0 spiro atoms. The molecule has 5 heteroatoms. The Morgan fingerprint density at radius 3 is 2.32 bits per heavy atom. The predicted octanol–water partition coefficient (Wildman–Crippen LogP) is 2.21. The summed E-state index contributed by atoms with van der Waals surface area (Å²) in [4.78, 5) is 10.6. The number of rotatable bonds is 9. The Bertz CT molecular complexity index is 372. The molecule has 0 amide bonds. The Morgan fingerprint density at radius 1 is 1.11 bits per heavy atom. The Labute approximate surface area is 113 Å². The number of ether oxygens (including phenoxy) is 3. The van der Waals surface area contributed by atoms with Crippen molar-refractivity contribution >= 4 is 5.97 Å². The van der Waals surface area contributed by atoms with E-state index < -0.39 is 5.97 Å². The largest absolute Gasteiger partial charge is 0.491 e. The van der Waals surface area contributed by atoms with E-state index in [0.29, 0.717) is 32.2 Å². The molecule has 0 aliphatic carbocycles. The summed E-state index contributed by atoms with van der Waals surface area (Å²) in [5.74, 6) is -0.313. The molecule has 0 aliphatic rings. The molecule has 1 rings (SSSR count). The highest BCUT2D eigenvalue weighted by Crippen LogP contribution is 2.11. The molecular formula is C14H20O5. The third-order valence-electron chi connectivity index (χ3n) is 2.28. The van der Waals surface area contributed by atoms with E-state index in [-0.39, 0.29) is 11.7 Å². The first-order valence-corrected chi connectivity index (χ1v) is 6.25. The molecule has 0 saturated heterocycles. The van der Waals surface area contributed by atoms with Gasteiger partial charge in [0, 0.05) is 0 Å². The van der Waals surface area contributed by atoms with Gasteiger partial charge in [-0.1, -0.05) is 0 Å². The van der Waals surface area contributed by atoms with E-state index in [9.17, 15) is 4.79 Å². The van der Waals surface area contributed by atoms with Gasteiger partial charge in [0.1, 0.15) is 12.4 Å². The number of carbonyl (C=O) groups is 1. The number of aromatic carboxylic acids is 1. The van der Waals surface area contributed by atoms with Crippen molar-refractivity contribution in [3.05, 3.63) is 29.8 Å². The number of hydrogen-bond donors (Lipinski definition) is 1. The third kappa shape index (κ3) is 6.79. The molecular weight excluding hydrogens is 248 g/mol. The molecule has 0 bridgehead atoms. The average molecular weight is 268 g/mol. The summed E-state index contributed by atoms with van der Waals surface area (Å²) in [7, 11) is 0. The topological polar surface area (TPSA) is 65.0 Å². The van der Waals surface area contributed by atoms with Crippen molar-refractivity contribution in [3.8, 4) is 5.75 Å². The number of benzene rings is 1. The van der Waals surface area contributed by atoms with E-state index in [1.807, 2.05) is 13.8 Å². The molecule has 0 saturated carbocycles. The molecule has 0 heterocycles. The third-order valence-corrected chi connectivity index (χ3v) is 2.28. The summed E-state index contributed by atoms with van der Waals surface area (Å²) in [6, 6.07) is 6.28. The summed E-state index contributed by atoms with van der Waals surface area (Å²) in [5.41, 5.74) is 0.245. The van der Waals surface area contributed by atoms with Crippen LogP contribution in [-0.4, -0.2) is 43.6 Å². The van der Waals surface area contributed by atoms with Gasteiger partial charge in [0.2, 0.25) is 0 Å². The molecule has 106 valence electrons. The van der Waals surface area contributed by atoms with Crippen LogP contribution in [0, 0.1) is 0 Å². The summed E-state index contributed by atoms with van der Waals surface area (Å²) < 4.78 is 16.1. The van der Waals surface area contributed by atoms with Gasteiger partial charge >= 0.3 is 5.97 Å². The Morgan fingerprint density at radius 2 is 1.74 bits per heavy atom. The fraction of sp³-hybridized carbons (Fsp3) is 0.500. The minimum atomic E-state index is -0.944.